The Morgan fingerprint density at radius 3 is 2.67 bits per heavy atom. The second-order valence-electron chi connectivity index (χ2n) is 5.81. The molecule has 1 aliphatic rings. The molecule has 0 bridgehead atoms. The van der Waals surface area contributed by atoms with E-state index in [1.54, 1.807) is 0 Å². The zero-order chi connectivity index (χ0) is 15.7. The molecule has 21 heavy (non-hydrogen) atoms. The maximum absolute atomic E-state index is 11.2. The smallest absolute Gasteiger partial charge is 0.354 e. The van der Waals surface area contributed by atoms with Crippen molar-refractivity contribution >= 4 is 17.5 Å². The molecule has 0 amide bonds. The van der Waals surface area contributed by atoms with Gasteiger partial charge in [-0.1, -0.05) is 13.8 Å². The van der Waals surface area contributed by atoms with Crippen molar-refractivity contribution in [2.24, 2.45) is 11.8 Å². The van der Waals surface area contributed by atoms with E-state index in [0.717, 1.165) is 6.42 Å². The average molecular weight is 293 g/mol. The molecule has 3 unspecified atom stereocenters. The topological polar surface area (TPSA) is 96.6 Å². The predicted octanol–water partition coefficient (Wildman–Crippen LogP) is 2.56. The number of hydrogen-bond donors (Lipinski definition) is 1. The molecular weight excluding hydrogens is 274 g/mol. The third-order valence-corrected chi connectivity index (χ3v) is 4.14. The lowest BCUT2D eigenvalue weighted by Crippen LogP contribution is -2.46. The van der Waals surface area contributed by atoms with Crippen LogP contribution in [-0.2, 0) is 0 Å². The van der Waals surface area contributed by atoms with Gasteiger partial charge in [-0.15, -0.1) is 0 Å². The van der Waals surface area contributed by atoms with Gasteiger partial charge in [-0.3, -0.25) is 10.1 Å². The van der Waals surface area contributed by atoms with E-state index in [-0.39, 0.29) is 23.2 Å². The van der Waals surface area contributed by atoms with E-state index in [1.807, 2.05) is 11.8 Å². The van der Waals surface area contributed by atoms with Gasteiger partial charge in [0.15, 0.2) is 5.69 Å². The van der Waals surface area contributed by atoms with Gasteiger partial charge in [0, 0.05) is 18.7 Å². The summed E-state index contributed by atoms with van der Waals surface area (Å²) in [4.78, 5) is 27.7. The van der Waals surface area contributed by atoms with Gasteiger partial charge in [-0.2, -0.15) is 0 Å². The third-order valence-electron chi connectivity index (χ3n) is 4.14. The number of carboxylic acids is 1. The number of carbonyl (C=O) groups is 1. The SMILES string of the molecule is CC1CC(C)C(C)N(c2nc(C(=O)O)ccc2[N+](=O)[O-])C1. The van der Waals surface area contributed by atoms with Gasteiger partial charge in [0.25, 0.3) is 0 Å². The fraction of sp³-hybridized carbons (Fsp3) is 0.571. The first-order valence-corrected chi connectivity index (χ1v) is 6.96. The number of aromatic carboxylic acids is 1. The molecule has 1 aliphatic heterocycles. The minimum absolute atomic E-state index is 0.0800. The van der Waals surface area contributed by atoms with Crippen molar-refractivity contribution < 1.29 is 14.8 Å². The highest BCUT2D eigenvalue weighted by molar-refractivity contribution is 5.86. The molecule has 7 heteroatoms. The molecule has 0 saturated carbocycles. The minimum atomic E-state index is -1.18. The number of piperidine rings is 1. The maximum atomic E-state index is 11.2. The monoisotopic (exact) mass is 293 g/mol. The first-order chi connectivity index (χ1) is 9.81. The van der Waals surface area contributed by atoms with Crippen LogP contribution in [0.1, 0.15) is 37.7 Å². The molecule has 1 N–H and O–H groups in total. The van der Waals surface area contributed by atoms with E-state index in [9.17, 15) is 14.9 Å². The Bertz CT molecular complexity index is 575. The summed E-state index contributed by atoms with van der Waals surface area (Å²) in [7, 11) is 0. The van der Waals surface area contributed by atoms with Crippen molar-refractivity contribution in [3.8, 4) is 0 Å². The van der Waals surface area contributed by atoms with Gasteiger partial charge in [-0.25, -0.2) is 9.78 Å². The molecule has 0 radical (unpaired) electrons. The van der Waals surface area contributed by atoms with Crippen LogP contribution in [0.15, 0.2) is 12.1 Å². The summed E-state index contributed by atoms with van der Waals surface area (Å²) in [6, 6.07) is 2.48. The Labute approximate surface area is 122 Å². The largest absolute Gasteiger partial charge is 0.477 e. The van der Waals surface area contributed by atoms with Crippen LogP contribution in [0.2, 0.25) is 0 Å². The highest BCUT2D eigenvalue weighted by atomic mass is 16.6. The zero-order valence-electron chi connectivity index (χ0n) is 12.3. The molecule has 0 aliphatic carbocycles. The van der Waals surface area contributed by atoms with Crippen LogP contribution in [0.25, 0.3) is 0 Å². The van der Waals surface area contributed by atoms with E-state index >= 15 is 0 Å². The first-order valence-electron chi connectivity index (χ1n) is 6.96. The van der Waals surface area contributed by atoms with E-state index in [2.05, 4.69) is 18.8 Å². The molecule has 1 saturated heterocycles. The number of carboxylic acid groups (broad SMARTS) is 1. The average Bonchev–Trinajstić information content (AvgIpc) is 2.41. The summed E-state index contributed by atoms with van der Waals surface area (Å²) in [6.45, 7) is 6.82. The van der Waals surface area contributed by atoms with Gasteiger partial charge in [0.05, 0.1) is 4.92 Å². The number of nitrogens with zero attached hydrogens (tertiary/aromatic N) is 3. The molecule has 1 aromatic rings. The number of nitro groups is 1. The van der Waals surface area contributed by atoms with Gasteiger partial charge in [0.1, 0.15) is 0 Å². The fourth-order valence-electron chi connectivity index (χ4n) is 2.91. The molecule has 114 valence electrons. The predicted molar refractivity (Wildman–Crippen MR) is 77.6 cm³/mol. The summed E-state index contributed by atoms with van der Waals surface area (Å²) < 4.78 is 0. The summed E-state index contributed by atoms with van der Waals surface area (Å²) >= 11 is 0. The van der Waals surface area contributed by atoms with Crippen LogP contribution in [-0.4, -0.2) is 33.6 Å². The van der Waals surface area contributed by atoms with Crippen molar-refractivity contribution in [2.45, 2.75) is 33.2 Å². The first kappa shape index (κ1) is 15.2. The summed E-state index contributed by atoms with van der Waals surface area (Å²) in [5.74, 6) is -0.280. The lowest BCUT2D eigenvalue weighted by molar-refractivity contribution is -0.384. The Balaban J connectivity index is 2.51. The van der Waals surface area contributed by atoms with Crippen molar-refractivity contribution in [2.75, 3.05) is 11.4 Å². The van der Waals surface area contributed by atoms with E-state index in [0.29, 0.717) is 18.4 Å². The molecule has 0 aromatic carbocycles. The van der Waals surface area contributed by atoms with E-state index in [1.165, 1.54) is 12.1 Å². The van der Waals surface area contributed by atoms with Crippen LogP contribution in [0.5, 0.6) is 0 Å². The van der Waals surface area contributed by atoms with Gasteiger partial charge < -0.3 is 10.0 Å². The third kappa shape index (κ3) is 2.96. The molecular formula is C14H19N3O4. The normalized spacial score (nSPS) is 25.7. The lowest BCUT2D eigenvalue weighted by Gasteiger charge is -2.41. The van der Waals surface area contributed by atoms with Crippen LogP contribution >= 0.6 is 0 Å². The van der Waals surface area contributed by atoms with Crippen LogP contribution in [0.3, 0.4) is 0 Å². The Hall–Kier alpha value is -2.18. The zero-order valence-corrected chi connectivity index (χ0v) is 12.3. The van der Waals surface area contributed by atoms with Crippen molar-refractivity contribution in [1.82, 2.24) is 4.98 Å². The quantitative estimate of drug-likeness (QED) is 0.679. The lowest BCUT2D eigenvalue weighted by atomic mass is 9.86. The standard InChI is InChI=1S/C14H19N3O4/c1-8-6-9(2)10(3)16(7-8)13-12(17(20)21)5-4-11(15-13)14(18)19/h4-5,8-10H,6-7H2,1-3H3,(H,18,19). The number of rotatable bonds is 3. The molecule has 2 heterocycles. The van der Waals surface area contributed by atoms with Crippen molar-refractivity contribution in [3.05, 3.63) is 27.9 Å². The Morgan fingerprint density at radius 1 is 1.43 bits per heavy atom. The second kappa shape index (κ2) is 5.67. The van der Waals surface area contributed by atoms with E-state index in [4.69, 9.17) is 5.11 Å². The number of pyridine rings is 1. The van der Waals surface area contributed by atoms with Crippen LogP contribution in [0, 0.1) is 22.0 Å². The summed E-state index contributed by atoms with van der Waals surface area (Å²) in [6.07, 6.45) is 1.05. The molecule has 1 fully saturated rings. The van der Waals surface area contributed by atoms with Crippen molar-refractivity contribution in [1.29, 1.82) is 0 Å². The van der Waals surface area contributed by atoms with Crippen LogP contribution < -0.4 is 4.90 Å². The maximum Gasteiger partial charge on any atom is 0.354 e. The fourth-order valence-corrected chi connectivity index (χ4v) is 2.91. The summed E-state index contributed by atoms with van der Waals surface area (Å²) in [5, 5.41) is 20.3. The Kier molecular flexibility index (Phi) is 4.11. The summed E-state index contributed by atoms with van der Waals surface area (Å²) in [5.41, 5.74) is -0.318. The molecule has 1 aromatic heterocycles. The number of hydrogen-bond acceptors (Lipinski definition) is 5. The van der Waals surface area contributed by atoms with Crippen molar-refractivity contribution in [3.63, 3.8) is 0 Å². The molecule has 0 spiro atoms. The molecule has 7 nitrogen and oxygen atoms in total. The van der Waals surface area contributed by atoms with Gasteiger partial charge >= 0.3 is 11.7 Å². The highest BCUT2D eigenvalue weighted by Gasteiger charge is 2.34. The Morgan fingerprint density at radius 2 is 2.10 bits per heavy atom. The minimum Gasteiger partial charge on any atom is -0.477 e. The highest BCUT2D eigenvalue weighted by Crippen LogP contribution is 2.35. The van der Waals surface area contributed by atoms with Gasteiger partial charge in [-0.05, 0) is 31.2 Å². The second-order valence-corrected chi connectivity index (χ2v) is 5.81. The van der Waals surface area contributed by atoms with Gasteiger partial charge in [0.2, 0.25) is 5.82 Å². The van der Waals surface area contributed by atoms with Crippen LogP contribution in [0.4, 0.5) is 11.5 Å². The molecule has 3 atom stereocenters. The van der Waals surface area contributed by atoms with E-state index < -0.39 is 10.9 Å². The number of anilines is 1. The number of aromatic nitrogens is 1. The molecule has 2 rings (SSSR count).